The summed E-state index contributed by atoms with van der Waals surface area (Å²) in [4.78, 5) is 21.2. The first-order valence-corrected chi connectivity index (χ1v) is 9.35. The van der Waals surface area contributed by atoms with Gasteiger partial charge >= 0.3 is 0 Å². The van der Waals surface area contributed by atoms with Gasteiger partial charge in [0, 0.05) is 36.4 Å². The van der Waals surface area contributed by atoms with E-state index in [4.69, 9.17) is 0 Å². The van der Waals surface area contributed by atoms with Crippen LogP contribution in [0, 0.1) is 0 Å². The van der Waals surface area contributed by atoms with Crippen molar-refractivity contribution in [3.63, 3.8) is 0 Å². The number of pyridine rings is 1. The molecular weight excluding hydrogens is 364 g/mol. The monoisotopic (exact) mass is 382 g/mol. The van der Waals surface area contributed by atoms with E-state index in [1.54, 1.807) is 29.4 Å². The molecule has 142 valence electrons. The zero-order valence-electron chi connectivity index (χ0n) is 15.5. The minimum Gasteiger partial charge on any atom is -0.387 e. The van der Waals surface area contributed by atoms with Crippen LogP contribution in [0.5, 0.6) is 0 Å². The predicted molar refractivity (Wildman–Crippen MR) is 112 cm³/mol. The number of aliphatic hydroxyl groups is 1. The molecule has 1 unspecified atom stereocenters. The predicted octanol–water partition coefficient (Wildman–Crippen LogP) is 3.44. The van der Waals surface area contributed by atoms with E-state index in [2.05, 4.69) is 9.97 Å². The van der Waals surface area contributed by atoms with E-state index < -0.39 is 6.10 Å². The number of hydrogen-bond donors (Lipinski definition) is 1. The molecule has 6 heteroatoms. The molecule has 0 saturated carbocycles. The summed E-state index contributed by atoms with van der Waals surface area (Å²) in [5, 5.41) is 13.0. The molecule has 1 atom stereocenters. The summed E-state index contributed by atoms with van der Waals surface area (Å²) in [5.74, 6) is 0.490. The van der Waals surface area contributed by atoms with E-state index in [-0.39, 0.29) is 5.56 Å². The SMILES string of the molecule is O=c1cc(-c2ccncc2)nc2n(CC(O)c3ccc4ccccc4c3)ccn12. The number of benzene rings is 2. The molecule has 3 aromatic heterocycles. The molecule has 5 aromatic rings. The Labute approximate surface area is 166 Å². The third-order valence-electron chi connectivity index (χ3n) is 5.09. The number of fused-ring (bicyclic) bond motifs is 2. The highest BCUT2D eigenvalue weighted by Gasteiger charge is 2.14. The smallest absolute Gasteiger partial charge is 0.259 e. The molecule has 3 heterocycles. The third kappa shape index (κ3) is 3.19. The maximum absolute atomic E-state index is 12.5. The van der Waals surface area contributed by atoms with E-state index in [0.717, 1.165) is 21.9 Å². The highest BCUT2D eigenvalue weighted by molar-refractivity contribution is 5.83. The van der Waals surface area contributed by atoms with Crippen LogP contribution in [0.4, 0.5) is 0 Å². The lowest BCUT2D eigenvalue weighted by Gasteiger charge is -2.13. The van der Waals surface area contributed by atoms with Gasteiger partial charge in [-0.15, -0.1) is 0 Å². The van der Waals surface area contributed by atoms with E-state index in [9.17, 15) is 9.90 Å². The molecule has 29 heavy (non-hydrogen) atoms. The first-order valence-electron chi connectivity index (χ1n) is 9.35. The molecular formula is C23H18N4O2. The van der Waals surface area contributed by atoms with Crippen molar-refractivity contribution < 1.29 is 5.11 Å². The molecule has 6 nitrogen and oxygen atoms in total. The number of hydrogen-bond acceptors (Lipinski definition) is 4. The molecule has 0 amide bonds. The van der Waals surface area contributed by atoms with Crippen LogP contribution in [-0.4, -0.2) is 24.0 Å². The third-order valence-corrected chi connectivity index (χ3v) is 5.09. The van der Waals surface area contributed by atoms with Crippen molar-refractivity contribution in [3.05, 3.63) is 101 Å². The average Bonchev–Trinajstić information content (AvgIpc) is 3.17. The quantitative estimate of drug-likeness (QED) is 0.517. The number of imidazole rings is 1. The van der Waals surface area contributed by atoms with Crippen LogP contribution in [0.3, 0.4) is 0 Å². The van der Waals surface area contributed by atoms with E-state index in [1.807, 2.05) is 54.6 Å². The van der Waals surface area contributed by atoms with Gasteiger partial charge in [0.25, 0.3) is 5.56 Å². The van der Waals surface area contributed by atoms with Crippen LogP contribution >= 0.6 is 0 Å². The van der Waals surface area contributed by atoms with Gasteiger partial charge in [-0.25, -0.2) is 4.98 Å². The first-order chi connectivity index (χ1) is 14.2. The summed E-state index contributed by atoms with van der Waals surface area (Å²) in [7, 11) is 0. The minimum atomic E-state index is -0.725. The lowest BCUT2D eigenvalue weighted by molar-refractivity contribution is 0.158. The standard InChI is InChI=1S/C23H18N4O2/c28-21(19-6-5-16-3-1-2-4-18(16)13-19)15-26-11-12-27-22(29)14-20(25-23(26)27)17-7-9-24-10-8-17/h1-14,21,28H,15H2. The molecule has 0 aliphatic carbocycles. The average molecular weight is 382 g/mol. The molecule has 2 aromatic carbocycles. The second kappa shape index (κ2) is 7.00. The van der Waals surface area contributed by atoms with Gasteiger partial charge in [-0.05, 0) is 34.5 Å². The molecule has 0 aliphatic heterocycles. The van der Waals surface area contributed by atoms with Gasteiger partial charge < -0.3 is 9.67 Å². The largest absolute Gasteiger partial charge is 0.387 e. The fraction of sp³-hybridized carbons (Fsp3) is 0.0870. The molecule has 0 bridgehead atoms. The van der Waals surface area contributed by atoms with Gasteiger partial charge in [0.15, 0.2) is 0 Å². The molecule has 0 saturated heterocycles. The number of rotatable bonds is 4. The van der Waals surface area contributed by atoms with Gasteiger partial charge in [-0.2, -0.15) is 0 Å². The summed E-state index contributed by atoms with van der Waals surface area (Å²) in [6, 6.07) is 19.1. The highest BCUT2D eigenvalue weighted by atomic mass is 16.3. The summed E-state index contributed by atoms with van der Waals surface area (Å²) < 4.78 is 3.28. The Kier molecular flexibility index (Phi) is 4.18. The van der Waals surface area contributed by atoms with Crippen LogP contribution in [0.25, 0.3) is 27.8 Å². The molecule has 0 fully saturated rings. The Hall–Kier alpha value is -3.77. The molecule has 5 rings (SSSR count). The summed E-state index contributed by atoms with van der Waals surface area (Å²) in [6.45, 7) is 0.293. The zero-order chi connectivity index (χ0) is 19.8. The van der Waals surface area contributed by atoms with Crippen LogP contribution in [-0.2, 0) is 6.54 Å². The zero-order valence-corrected chi connectivity index (χ0v) is 15.5. The molecule has 1 N–H and O–H groups in total. The Bertz CT molecular complexity index is 1370. The minimum absolute atomic E-state index is 0.166. The van der Waals surface area contributed by atoms with E-state index >= 15 is 0 Å². The number of aromatic nitrogens is 4. The molecule has 0 aliphatic rings. The van der Waals surface area contributed by atoms with Crippen molar-refractivity contribution in [2.24, 2.45) is 0 Å². The van der Waals surface area contributed by atoms with E-state index in [0.29, 0.717) is 18.0 Å². The van der Waals surface area contributed by atoms with Crippen LogP contribution in [0.2, 0.25) is 0 Å². The fourth-order valence-corrected chi connectivity index (χ4v) is 3.56. The van der Waals surface area contributed by atoms with Gasteiger partial charge in [0.1, 0.15) is 0 Å². The highest BCUT2D eigenvalue weighted by Crippen LogP contribution is 2.22. The van der Waals surface area contributed by atoms with Gasteiger partial charge in [0.2, 0.25) is 5.78 Å². The van der Waals surface area contributed by atoms with E-state index in [1.165, 1.54) is 10.5 Å². The second-order valence-corrected chi connectivity index (χ2v) is 6.96. The first kappa shape index (κ1) is 17.3. The second-order valence-electron chi connectivity index (χ2n) is 6.96. The number of nitrogens with zero attached hydrogens (tertiary/aromatic N) is 4. The lowest BCUT2D eigenvalue weighted by Crippen LogP contribution is -2.15. The van der Waals surface area contributed by atoms with Gasteiger partial charge in [-0.3, -0.25) is 14.2 Å². The van der Waals surface area contributed by atoms with Crippen molar-refractivity contribution >= 4 is 16.6 Å². The summed E-state index contributed by atoms with van der Waals surface area (Å²) in [5.41, 5.74) is 2.06. The maximum Gasteiger partial charge on any atom is 0.259 e. The Morgan fingerprint density at radius 3 is 2.55 bits per heavy atom. The molecule has 0 spiro atoms. The van der Waals surface area contributed by atoms with Crippen molar-refractivity contribution in [1.29, 1.82) is 0 Å². The van der Waals surface area contributed by atoms with Crippen molar-refractivity contribution in [2.45, 2.75) is 12.6 Å². The Balaban J connectivity index is 1.52. The van der Waals surface area contributed by atoms with Gasteiger partial charge in [-0.1, -0.05) is 36.4 Å². The van der Waals surface area contributed by atoms with Crippen molar-refractivity contribution in [1.82, 2.24) is 18.9 Å². The van der Waals surface area contributed by atoms with Crippen LogP contribution < -0.4 is 5.56 Å². The summed E-state index contributed by atoms with van der Waals surface area (Å²) in [6.07, 6.45) is 6.05. The Morgan fingerprint density at radius 2 is 1.72 bits per heavy atom. The Morgan fingerprint density at radius 1 is 0.931 bits per heavy atom. The molecule has 0 radical (unpaired) electrons. The van der Waals surface area contributed by atoms with Gasteiger partial charge in [0.05, 0.1) is 18.3 Å². The summed E-state index contributed by atoms with van der Waals surface area (Å²) >= 11 is 0. The van der Waals surface area contributed by atoms with Crippen LogP contribution in [0.15, 0.2) is 90.2 Å². The topological polar surface area (TPSA) is 72.4 Å². The maximum atomic E-state index is 12.5. The number of aliphatic hydroxyl groups excluding tert-OH is 1. The van der Waals surface area contributed by atoms with Crippen molar-refractivity contribution in [3.8, 4) is 11.3 Å². The lowest BCUT2D eigenvalue weighted by atomic mass is 10.0. The normalized spacial score (nSPS) is 12.4. The fourth-order valence-electron chi connectivity index (χ4n) is 3.56. The van der Waals surface area contributed by atoms with Crippen LogP contribution in [0.1, 0.15) is 11.7 Å². The van der Waals surface area contributed by atoms with Crippen molar-refractivity contribution in [2.75, 3.05) is 0 Å².